The zero-order valence-corrected chi connectivity index (χ0v) is 11.2. The van der Waals surface area contributed by atoms with Crippen molar-refractivity contribution < 1.29 is 0 Å². The topological polar surface area (TPSA) is 26.0 Å². The molecule has 4 saturated carbocycles. The monoisotopic (exact) mass is 261 g/mol. The Hall–Kier alpha value is 0.280. The van der Waals surface area contributed by atoms with Gasteiger partial charge in [0.25, 0.3) is 0 Å². The van der Waals surface area contributed by atoms with Crippen molar-refractivity contribution in [3.63, 3.8) is 0 Å². The van der Waals surface area contributed by atoms with Crippen LogP contribution >= 0.6 is 24.0 Å². The predicted molar refractivity (Wildman–Crippen MR) is 70.8 cm³/mol. The molecule has 4 rings (SSSR count). The molecule has 4 aliphatic rings. The van der Waals surface area contributed by atoms with Gasteiger partial charge in [0.05, 0.1) is 0 Å². The van der Waals surface area contributed by atoms with Crippen LogP contribution in [0.3, 0.4) is 0 Å². The number of allylic oxidation sites excluding steroid dienone is 1. The largest absolute Gasteiger partial charge is 0.327 e. The van der Waals surface area contributed by atoms with Gasteiger partial charge < -0.3 is 5.73 Å². The molecule has 3 heteroatoms. The second-order valence-corrected chi connectivity index (χ2v) is 6.39. The molecule has 0 aromatic carbocycles. The van der Waals surface area contributed by atoms with Gasteiger partial charge in [-0.25, -0.2) is 0 Å². The molecule has 0 amide bonds. The second-order valence-electron chi connectivity index (χ2n) is 5.99. The third-order valence-corrected chi connectivity index (χ3v) is 5.40. The van der Waals surface area contributed by atoms with E-state index in [0.29, 0.717) is 12.0 Å². The zero-order chi connectivity index (χ0) is 10.5. The number of hydrogen-bond acceptors (Lipinski definition) is 1. The summed E-state index contributed by atoms with van der Waals surface area (Å²) >= 11 is 6.48. The van der Waals surface area contributed by atoms with E-state index in [1.165, 1.54) is 38.5 Å². The molecule has 4 aliphatic carbocycles. The standard InChI is InChI=1S/C13H20ClN.ClH/c14-12(1-2-15)13-6-9-3-10(7-13)5-11(4-9)8-13;/h1,9-11H,2-8,15H2;1H. The van der Waals surface area contributed by atoms with Crippen LogP contribution in [-0.2, 0) is 0 Å². The molecule has 2 N–H and O–H groups in total. The third-order valence-electron chi connectivity index (χ3n) is 4.84. The van der Waals surface area contributed by atoms with Crippen LogP contribution in [0.2, 0.25) is 0 Å². The highest BCUT2D eigenvalue weighted by atomic mass is 35.5. The average Bonchev–Trinajstić information content (AvgIpc) is 2.15. The first kappa shape index (κ1) is 12.7. The minimum absolute atomic E-state index is 0. The molecule has 0 spiro atoms. The summed E-state index contributed by atoms with van der Waals surface area (Å²) in [5.74, 6) is 2.91. The van der Waals surface area contributed by atoms with E-state index >= 15 is 0 Å². The van der Waals surface area contributed by atoms with Crippen LogP contribution in [0.1, 0.15) is 38.5 Å². The van der Waals surface area contributed by atoms with Crippen molar-refractivity contribution in [1.29, 1.82) is 0 Å². The molecule has 0 heterocycles. The first-order valence-electron chi connectivity index (χ1n) is 6.28. The Morgan fingerprint density at radius 2 is 1.56 bits per heavy atom. The van der Waals surface area contributed by atoms with E-state index in [4.69, 9.17) is 17.3 Å². The smallest absolute Gasteiger partial charge is 0.0215 e. The molecule has 16 heavy (non-hydrogen) atoms. The Balaban J connectivity index is 0.000000963. The van der Waals surface area contributed by atoms with Gasteiger partial charge in [-0.1, -0.05) is 17.7 Å². The fourth-order valence-corrected chi connectivity index (χ4v) is 5.04. The molecule has 0 saturated heterocycles. The Kier molecular flexibility index (Phi) is 3.59. The van der Waals surface area contributed by atoms with Crippen molar-refractivity contribution in [2.24, 2.45) is 28.9 Å². The van der Waals surface area contributed by atoms with Gasteiger partial charge in [-0.2, -0.15) is 0 Å². The first-order chi connectivity index (χ1) is 7.22. The minimum atomic E-state index is 0. The molecule has 4 fully saturated rings. The molecule has 1 nitrogen and oxygen atoms in total. The number of nitrogens with two attached hydrogens (primary N) is 1. The summed E-state index contributed by atoms with van der Waals surface area (Å²) < 4.78 is 0. The summed E-state index contributed by atoms with van der Waals surface area (Å²) in [4.78, 5) is 0. The second kappa shape index (κ2) is 4.51. The molecule has 92 valence electrons. The van der Waals surface area contributed by atoms with Crippen molar-refractivity contribution in [1.82, 2.24) is 0 Å². The quantitative estimate of drug-likeness (QED) is 0.806. The average molecular weight is 262 g/mol. The summed E-state index contributed by atoms with van der Waals surface area (Å²) in [6.45, 7) is 0.598. The highest BCUT2D eigenvalue weighted by Gasteiger charge is 2.52. The molecule has 0 aromatic heterocycles. The highest BCUT2D eigenvalue weighted by molar-refractivity contribution is 6.30. The lowest BCUT2D eigenvalue weighted by atomic mass is 9.49. The van der Waals surface area contributed by atoms with Crippen LogP contribution < -0.4 is 5.73 Å². The third kappa shape index (κ3) is 1.91. The van der Waals surface area contributed by atoms with Gasteiger partial charge in [0.2, 0.25) is 0 Å². The predicted octanol–water partition coefficient (Wildman–Crippen LogP) is 3.71. The van der Waals surface area contributed by atoms with E-state index < -0.39 is 0 Å². The summed E-state index contributed by atoms with van der Waals surface area (Å²) in [6.07, 6.45) is 10.5. The Morgan fingerprint density at radius 3 is 1.94 bits per heavy atom. The lowest BCUT2D eigenvalue weighted by Crippen LogP contribution is -2.46. The van der Waals surface area contributed by atoms with Gasteiger partial charge in [-0.3, -0.25) is 0 Å². The number of halogens is 2. The van der Waals surface area contributed by atoms with Crippen molar-refractivity contribution in [3.8, 4) is 0 Å². The van der Waals surface area contributed by atoms with Crippen molar-refractivity contribution >= 4 is 24.0 Å². The zero-order valence-electron chi connectivity index (χ0n) is 9.62. The van der Waals surface area contributed by atoms with Gasteiger partial charge in [0.1, 0.15) is 0 Å². The lowest BCUT2D eigenvalue weighted by molar-refractivity contribution is -0.0264. The Bertz CT molecular complexity index is 263. The number of hydrogen-bond donors (Lipinski definition) is 1. The summed E-state index contributed by atoms with van der Waals surface area (Å²) in [5.41, 5.74) is 5.94. The molecule has 0 aromatic rings. The van der Waals surface area contributed by atoms with Crippen molar-refractivity contribution in [3.05, 3.63) is 11.1 Å². The van der Waals surface area contributed by atoms with Crippen molar-refractivity contribution in [2.75, 3.05) is 6.54 Å². The first-order valence-corrected chi connectivity index (χ1v) is 6.66. The van der Waals surface area contributed by atoms with Gasteiger partial charge in [0, 0.05) is 17.0 Å². The van der Waals surface area contributed by atoms with E-state index in [2.05, 4.69) is 6.08 Å². The fourth-order valence-electron chi connectivity index (χ4n) is 4.72. The van der Waals surface area contributed by atoms with Gasteiger partial charge in [-0.05, 0) is 56.3 Å². The summed E-state index contributed by atoms with van der Waals surface area (Å²) in [5, 5.41) is 1.09. The maximum absolute atomic E-state index is 6.48. The minimum Gasteiger partial charge on any atom is -0.327 e. The Labute approximate surface area is 109 Å². The van der Waals surface area contributed by atoms with E-state index in [1.54, 1.807) is 0 Å². The lowest BCUT2D eigenvalue weighted by Gasteiger charge is -2.56. The van der Waals surface area contributed by atoms with E-state index in [-0.39, 0.29) is 12.4 Å². The van der Waals surface area contributed by atoms with Crippen LogP contribution in [0.5, 0.6) is 0 Å². The van der Waals surface area contributed by atoms with Gasteiger partial charge in [0.15, 0.2) is 0 Å². The van der Waals surface area contributed by atoms with Crippen LogP contribution in [0, 0.1) is 23.2 Å². The van der Waals surface area contributed by atoms with E-state index in [0.717, 1.165) is 22.8 Å². The molecule has 0 radical (unpaired) electrons. The van der Waals surface area contributed by atoms with Crippen molar-refractivity contribution in [2.45, 2.75) is 38.5 Å². The molecular weight excluding hydrogens is 241 g/mol. The SMILES string of the molecule is Cl.NCC=C(Cl)C12CC3CC(CC(C3)C1)C2. The molecular formula is C13H21Cl2N. The van der Waals surface area contributed by atoms with Gasteiger partial charge in [-0.15, -0.1) is 12.4 Å². The maximum Gasteiger partial charge on any atom is 0.0215 e. The van der Waals surface area contributed by atoms with E-state index in [1.807, 2.05) is 0 Å². The number of rotatable bonds is 2. The van der Waals surface area contributed by atoms with Crippen LogP contribution in [0.15, 0.2) is 11.1 Å². The molecule has 0 unspecified atom stereocenters. The highest BCUT2D eigenvalue weighted by Crippen LogP contribution is 2.63. The summed E-state index contributed by atoms with van der Waals surface area (Å²) in [6, 6.07) is 0. The van der Waals surface area contributed by atoms with Crippen LogP contribution in [0.4, 0.5) is 0 Å². The fraction of sp³-hybridized carbons (Fsp3) is 0.846. The maximum atomic E-state index is 6.48. The van der Waals surface area contributed by atoms with Crippen LogP contribution in [-0.4, -0.2) is 6.54 Å². The summed E-state index contributed by atoms with van der Waals surface area (Å²) in [7, 11) is 0. The Morgan fingerprint density at radius 1 is 1.12 bits per heavy atom. The van der Waals surface area contributed by atoms with Crippen LogP contribution in [0.25, 0.3) is 0 Å². The van der Waals surface area contributed by atoms with Gasteiger partial charge >= 0.3 is 0 Å². The van der Waals surface area contributed by atoms with E-state index in [9.17, 15) is 0 Å². The molecule has 4 bridgehead atoms. The molecule has 0 atom stereocenters. The normalized spacial score (nSPS) is 45.6. The molecule has 0 aliphatic heterocycles.